The molecular formula is C10H20N2O7S. The van der Waals surface area contributed by atoms with Gasteiger partial charge < -0.3 is 10.1 Å². The third-order valence-corrected chi connectivity index (χ3v) is 2.22. The molecule has 0 aliphatic heterocycles. The number of hydrogen-bond acceptors (Lipinski definition) is 7. The van der Waals surface area contributed by atoms with Crippen LogP contribution in [0.1, 0.15) is 20.8 Å². The van der Waals surface area contributed by atoms with Crippen LogP contribution in [0, 0.1) is 0 Å². The van der Waals surface area contributed by atoms with Crippen LogP contribution < -0.4 is 10.8 Å². The highest BCUT2D eigenvalue weighted by Gasteiger charge is 2.26. The van der Waals surface area contributed by atoms with Crippen molar-refractivity contribution in [1.29, 1.82) is 0 Å². The van der Waals surface area contributed by atoms with Crippen molar-refractivity contribution in [1.82, 2.24) is 10.8 Å². The van der Waals surface area contributed by atoms with Crippen molar-refractivity contribution in [3.8, 4) is 0 Å². The zero-order chi connectivity index (χ0) is 16.0. The first-order chi connectivity index (χ1) is 8.94. The molecule has 0 rings (SSSR count). The van der Waals surface area contributed by atoms with Gasteiger partial charge >= 0.3 is 6.09 Å². The van der Waals surface area contributed by atoms with E-state index in [1.807, 2.05) is 5.48 Å². The molecule has 2 N–H and O–H groups in total. The van der Waals surface area contributed by atoms with Crippen LogP contribution in [0.3, 0.4) is 0 Å². The number of carbonyl (C=O) groups is 2. The van der Waals surface area contributed by atoms with E-state index in [4.69, 9.17) is 4.74 Å². The summed E-state index contributed by atoms with van der Waals surface area (Å²) in [5.41, 5.74) is 1.21. The maximum Gasteiger partial charge on any atom is 0.408 e. The highest BCUT2D eigenvalue weighted by atomic mass is 32.2. The fraction of sp³-hybridized carbons (Fsp3) is 0.800. The molecule has 20 heavy (non-hydrogen) atoms. The Kier molecular flexibility index (Phi) is 6.89. The largest absolute Gasteiger partial charge is 0.444 e. The van der Waals surface area contributed by atoms with E-state index in [1.165, 1.54) is 7.11 Å². The predicted molar refractivity (Wildman–Crippen MR) is 69.1 cm³/mol. The van der Waals surface area contributed by atoms with Crippen molar-refractivity contribution in [2.45, 2.75) is 32.4 Å². The van der Waals surface area contributed by atoms with E-state index in [-0.39, 0.29) is 0 Å². The summed E-state index contributed by atoms with van der Waals surface area (Å²) in [7, 11) is -2.56. The molecule has 0 heterocycles. The Labute approximate surface area is 118 Å². The number of carbonyl (C=O) groups excluding carboxylic acids is 2. The zero-order valence-corrected chi connectivity index (χ0v) is 12.9. The molecule has 2 amide bonds. The molecule has 0 aliphatic carbocycles. The molecule has 0 fully saturated rings. The van der Waals surface area contributed by atoms with Crippen molar-refractivity contribution >= 4 is 22.1 Å². The highest BCUT2D eigenvalue weighted by Crippen LogP contribution is 2.07. The SMILES string of the molecule is CONC(=O)[C@H](COS(C)(=O)=O)NC(=O)OC(C)(C)C. The van der Waals surface area contributed by atoms with Gasteiger partial charge in [-0.15, -0.1) is 0 Å². The molecular weight excluding hydrogens is 292 g/mol. The van der Waals surface area contributed by atoms with Gasteiger partial charge in [-0.2, -0.15) is 8.42 Å². The third-order valence-electron chi connectivity index (χ3n) is 1.66. The van der Waals surface area contributed by atoms with Crippen molar-refractivity contribution in [2.24, 2.45) is 0 Å². The van der Waals surface area contributed by atoms with Gasteiger partial charge in [-0.25, -0.2) is 10.3 Å². The van der Waals surface area contributed by atoms with Crippen LogP contribution in [-0.2, 0) is 28.7 Å². The molecule has 0 saturated carbocycles. The van der Waals surface area contributed by atoms with E-state index in [0.717, 1.165) is 6.26 Å². The summed E-state index contributed by atoms with van der Waals surface area (Å²) < 4.78 is 31.2. The average Bonchev–Trinajstić information content (AvgIpc) is 2.20. The molecule has 0 aliphatic rings. The van der Waals surface area contributed by atoms with Gasteiger partial charge in [-0.1, -0.05) is 0 Å². The minimum Gasteiger partial charge on any atom is -0.444 e. The number of ether oxygens (including phenoxy) is 1. The van der Waals surface area contributed by atoms with Crippen LogP contribution in [-0.4, -0.2) is 52.0 Å². The summed E-state index contributed by atoms with van der Waals surface area (Å²) >= 11 is 0. The Morgan fingerprint density at radius 1 is 1.25 bits per heavy atom. The normalized spacial score (nSPS) is 13.4. The molecule has 0 bridgehead atoms. The lowest BCUT2D eigenvalue weighted by molar-refractivity contribution is -0.134. The smallest absolute Gasteiger partial charge is 0.408 e. The van der Waals surface area contributed by atoms with E-state index in [1.54, 1.807) is 20.8 Å². The van der Waals surface area contributed by atoms with Crippen molar-refractivity contribution < 1.29 is 31.8 Å². The summed E-state index contributed by atoms with van der Waals surface area (Å²) in [6.07, 6.45) is -0.0583. The van der Waals surface area contributed by atoms with Gasteiger partial charge in [0.2, 0.25) is 0 Å². The third kappa shape index (κ3) is 9.53. The lowest BCUT2D eigenvalue weighted by atomic mass is 10.2. The number of nitrogens with one attached hydrogen (secondary N) is 2. The number of hydrogen-bond donors (Lipinski definition) is 2. The first kappa shape index (κ1) is 18.6. The van der Waals surface area contributed by atoms with Gasteiger partial charge in [0.05, 0.1) is 20.0 Å². The summed E-state index contributed by atoms with van der Waals surface area (Å²) in [6, 6.07) is -1.28. The van der Waals surface area contributed by atoms with E-state index >= 15 is 0 Å². The first-order valence-electron chi connectivity index (χ1n) is 5.61. The van der Waals surface area contributed by atoms with Gasteiger partial charge in [-0.3, -0.25) is 13.8 Å². The molecule has 0 spiro atoms. The number of alkyl carbamates (subject to hydrolysis) is 1. The summed E-state index contributed by atoms with van der Waals surface area (Å²) in [5.74, 6) is -0.776. The van der Waals surface area contributed by atoms with Crippen molar-refractivity contribution in [3.05, 3.63) is 0 Å². The molecule has 0 saturated heterocycles. The lowest BCUT2D eigenvalue weighted by Crippen LogP contribution is -2.50. The van der Waals surface area contributed by atoms with Crippen LogP contribution in [0.2, 0.25) is 0 Å². The van der Waals surface area contributed by atoms with Crippen LogP contribution >= 0.6 is 0 Å². The molecule has 0 aromatic rings. The van der Waals surface area contributed by atoms with Crippen LogP contribution in [0.4, 0.5) is 4.79 Å². The molecule has 9 nitrogen and oxygen atoms in total. The van der Waals surface area contributed by atoms with Gasteiger partial charge in [0.25, 0.3) is 16.0 Å². The Bertz CT molecular complexity index is 441. The van der Waals surface area contributed by atoms with Gasteiger partial charge in [0.15, 0.2) is 0 Å². The second-order valence-electron chi connectivity index (χ2n) is 4.86. The van der Waals surface area contributed by atoms with Crippen LogP contribution in [0.15, 0.2) is 0 Å². The van der Waals surface area contributed by atoms with E-state index in [9.17, 15) is 18.0 Å². The molecule has 0 unspecified atom stereocenters. The second kappa shape index (κ2) is 7.41. The molecule has 0 radical (unpaired) electrons. The Morgan fingerprint density at radius 3 is 2.20 bits per heavy atom. The fourth-order valence-electron chi connectivity index (χ4n) is 0.996. The highest BCUT2D eigenvalue weighted by molar-refractivity contribution is 7.85. The minimum absolute atomic E-state index is 0.576. The standard InChI is InChI=1S/C10H20N2O7S/c1-10(2,3)19-9(14)11-7(8(13)12-17-4)6-18-20(5,15)16/h7H,6H2,1-5H3,(H,11,14)(H,12,13)/t7-/m0/s1. The fourth-order valence-corrected chi connectivity index (χ4v) is 1.38. The van der Waals surface area contributed by atoms with Crippen molar-refractivity contribution in [3.63, 3.8) is 0 Å². The maximum atomic E-state index is 11.6. The first-order valence-corrected chi connectivity index (χ1v) is 7.43. The Morgan fingerprint density at radius 2 is 1.80 bits per heavy atom. The van der Waals surface area contributed by atoms with E-state index < -0.39 is 40.4 Å². The van der Waals surface area contributed by atoms with Crippen LogP contribution in [0.25, 0.3) is 0 Å². The molecule has 1 atom stereocenters. The monoisotopic (exact) mass is 312 g/mol. The molecule has 118 valence electrons. The quantitative estimate of drug-likeness (QED) is 0.502. The minimum atomic E-state index is -3.75. The van der Waals surface area contributed by atoms with Crippen molar-refractivity contribution in [2.75, 3.05) is 20.0 Å². The molecule has 0 aromatic heterocycles. The average molecular weight is 312 g/mol. The number of amides is 2. The Balaban J connectivity index is 4.69. The zero-order valence-electron chi connectivity index (χ0n) is 12.1. The topological polar surface area (TPSA) is 120 Å². The second-order valence-corrected chi connectivity index (χ2v) is 6.50. The van der Waals surface area contributed by atoms with Gasteiger partial charge in [0.1, 0.15) is 11.6 Å². The number of hydroxylamine groups is 1. The summed E-state index contributed by atoms with van der Waals surface area (Å²) in [6.45, 7) is 4.35. The lowest BCUT2D eigenvalue weighted by Gasteiger charge is -2.22. The molecule has 10 heteroatoms. The number of rotatable bonds is 6. The van der Waals surface area contributed by atoms with E-state index in [2.05, 4.69) is 14.3 Å². The van der Waals surface area contributed by atoms with Gasteiger partial charge in [-0.05, 0) is 20.8 Å². The summed E-state index contributed by atoms with van der Waals surface area (Å²) in [5, 5.41) is 2.19. The maximum absolute atomic E-state index is 11.6. The molecule has 0 aromatic carbocycles. The summed E-state index contributed by atoms with van der Waals surface area (Å²) in [4.78, 5) is 27.5. The van der Waals surface area contributed by atoms with E-state index in [0.29, 0.717) is 0 Å². The van der Waals surface area contributed by atoms with Crippen LogP contribution in [0.5, 0.6) is 0 Å². The predicted octanol–water partition coefficient (Wildman–Crippen LogP) is -0.466. The Hall–Kier alpha value is -1.39. The van der Waals surface area contributed by atoms with Gasteiger partial charge in [0, 0.05) is 0 Å².